The van der Waals surface area contributed by atoms with Gasteiger partial charge in [-0.05, 0) is 41.7 Å². The maximum Gasteiger partial charge on any atom is 0.224 e. The summed E-state index contributed by atoms with van der Waals surface area (Å²) in [5, 5.41) is 2.05. The number of ketones is 1. The number of aromatic nitrogens is 1. The molecule has 3 heterocycles. The van der Waals surface area contributed by atoms with Crippen LogP contribution in [0.25, 0.3) is 0 Å². The number of benzene rings is 3. The molecule has 5 nitrogen and oxygen atoms in total. The van der Waals surface area contributed by atoms with Gasteiger partial charge in [-0.15, -0.1) is 11.8 Å². The predicted octanol–water partition coefficient (Wildman–Crippen LogP) is 6.41. The maximum atomic E-state index is 15.3. The van der Waals surface area contributed by atoms with E-state index in [4.69, 9.17) is 4.74 Å². The van der Waals surface area contributed by atoms with Crippen LogP contribution in [0.1, 0.15) is 58.0 Å². The fraction of sp³-hybridized carbons (Fsp3) is 0.250. The number of thioether (sulfide) groups is 1. The lowest BCUT2D eigenvalue weighted by atomic mass is 9.64. The second-order valence-corrected chi connectivity index (χ2v) is 11.7. The Morgan fingerprint density at radius 1 is 0.925 bits per heavy atom. The van der Waals surface area contributed by atoms with E-state index >= 15 is 4.39 Å². The predicted molar refractivity (Wildman–Crippen MR) is 149 cm³/mol. The van der Waals surface area contributed by atoms with Crippen molar-refractivity contribution in [3.63, 3.8) is 0 Å². The van der Waals surface area contributed by atoms with Crippen molar-refractivity contribution in [2.24, 2.45) is 5.41 Å². The van der Waals surface area contributed by atoms with Gasteiger partial charge in [-0.2, -0.15) is 0 Å². The zero-order valence-electron chi connectivity index (χ0n) is 21.6. The van der Waals surface area contributed by atoms with Crippen molar-refractivity contribution in [1.82, 2.24) is 4.68 Å². The summed E-state index contributed by atoms with van der Waals surface area (Å²) in [4.78, 5) is 28.3. The van der Waals surface area contributed by atoms with Crippen molar-refractivity contribution in [3.05, 3.63) is 129 Å². The van der Waals surface area contributed by atoms with Crippen LogP contribution in [0.15, 0.2) is 88.7 Å². The van der Waals surface area contributed by atoms with Crippen LogP contribution in [-0.4, -0.2) is 17.0 Å². The first-order valence-corrected chi connectivity index (χ1v) is 14.4. The fourth-order valence-corrected chi connectivity index (χ4v) is 7.31. The summed E-state index contributed by atoms with van der Waals surface area (Å²) >= 11 is 1.47. The van der Waals surface area contributed by atoms with Crippen LogP contribution in [0.2, 0.25) is 0 Å². The van der Waals surface area contributed by atoms with Crippen LogP contribution in [0.3, 0.4) is 0 Å². The van der Waals surface area contributed by atoms with E-state index in [-0.39, 0.29) is 35.0 Å². The average molecular weight is 557 g/mol. The molecule has 1 aliphatic carbocycles. The number of hydrogen-bond acceptors (Lipinski definition) is 5. The summed E-state index contributed by atoms with van der Waals surface area (Å²) < 4.78 is 37.5. The number of rotatable bonds is 4. The highest BCUT2D eigenvalue weighted by Crippen LogP contribution is 2.51. The smallest absolute Gasteiger partial charge is 0.224 e. The highest BCUT2D eigenvalue weighted by Gasteiger charge is 2.52. The SMILES string of the molecule is O=C1c2c(OCc3ccccc3)c(=O)ccn2N([C@H]2c3ccccc3SCc3c2ccc(F)c3F)CC12CCC2. The lowest BCUT2D eigenvalue weighted by Gasteiger charge is -2.51. The third-order valence-corrected chi connectivity index (χ3v) is 9.54. The molecule has 7 rings (SSSR count). The molecule has 4 aromatic rings. The molecule has 1 saturated carbocycles. The Morgan fingerprint density at radius 3 is 2.48 bits per heavy atom. The number of nitrogens with zero attached hydrogens (tertiary/aromatic N) is 2. The standard InChI is InChI=1S/C32H26F2N2O3S/c33-24-12-11-21-23(27(24)34)18-40-26-10-5-4-9-22(26)28(21)36-19-32(14-6-15-32)31(38)29-30(25(37)13-16-35(29)36)39-17-20-7-2-1-3-8-20/h1-5,7-13,16,28H,6,14-15,17-19H2/t28-/m1/s1. The van der Waals surface area contributed by atoms with Crippen LogP contribution in [0, 0.1) is 17.0 Å². The zero-order valence-corrected chi connectivity index (χ0v) is 22.4. The van der Waals surface area contributed by atoms with Gasteiger partial charge in [0.2, 0.25) is 5.43 Å². The normalized spacial score (nSPS) is 18.8. The third kappa shape index (κ3) is 3.88. The molecule has 2 aliphatic heterocycles. The highest BCUT2D eigenvalue weighted by molar-refractivity contribution is 7.98. The van der Waals surface area contributed by atoms with Gasteiger partial charge >= 0.3 is 0 Å². The summed E-state index contributed by atoms with van der Waals surface area (Å²) in [6, 6.07) is 21.1. The van der Waals surface area contributed by atoms with Gasteiger partial charge in [0.25, 0.3) is 0 Å². The molecule has 3 aromatic carbocycles. The Kier molecular flexibility index (Phi) is 6.04. The van der Waals surface area contributed by atoms with Crippen molar-refractivity contribution in [1.29, 1.82) is 0 Å². The largest absolute Gasteiger partial charge is 0.483 e. The summed E-state index contributed by atoms with van der Waals surface area (Å²) in [6.45, 7) is 0.533. The van der Waals surface area contributed by atoms with E-state index in [1.54, 1.807) is 16.9 Å². The number of carbonyl (C=O) groups is 1. The van der Waals surface area contributed by atoms with Crippen molar-refractivity contribution in [2.75, 3.05) is 11.6 Å². The molecule has 0 N–H and O–H groups in total. The first-order chi connectivity index (χ1) is 19.5. The molecular formula is C32H26F2N2O3S. The average Bonchev–Trinajstić information content (AvgIpc) is 3.12. The Balaban J connectivity index is 1.43. The Hall–Kier alpha value is -3.91. The molecule has 202 valence electrons. The number of Topliss-reactive ketones (excluding diaryl/α,β-unsaturated/α-hetero) is 1. The van der Waals surface area contributed by atoms with Gasteiger partial charge in [-0.25, -0.2) is 8.78 Å². The summed E-state index contributed by atoms with van der Waals surface area (Å²) in [5.74, 6) is -1.52. The topological polar surface area (TPSA) is 51.5 Å². The Morgan fingerprint density at radius 2 is 1.70 bits per heavy atom. The van der Waals surface area contributed by atoms with Gasteiger partial charge in [0.15, 0.2) is 28.9 Å². The second-order valence-electron chi connectivity index (χ2n) is 10.7. The molecule has 40 heavy (non-hydrogen) atoms. The van der Waals surface area contributed by atoms with Crippen LogP contribution >= 0.6 is 11.8 Å². The number of ether oxygens (including phenoxy) is 1. The molecule has 0 saturated heterocycles. The Labute approximate surface area is 234 Å². The first kappa shape index (κ1) is 25.1. The number of carbonyl (C=O) groups excluding carboxylic acids is 1. The van der Waals surface area contributed by atoms with Gasteiger partial charge in [0.1, 0.15) is 6.61 Å². The zero-order chi connectivity index (χ0) is 27.4. The monoisotopic (exact) mass is 556 g/mol. The van der Waals surface area contributed by atoms with E-state index in [0.717, 1.165) is 22.4 Å². The number of pyridine rings is 1. The van der Waals surface area contributed by atoms with Crippen LogP contribution in [0.4, 0.5) is 8.78 Å². The van der Waals surface area contributed by atoms with Crippen molar-refractivity contribution in [3.8, 4) is 5.75 Å². The minimum atomic E-state index is -0.881. The molecule has 1 fully saturated rings. The van der Waals surface area contributed by atoms with E-state index in [2.05, 4.69) is 0 Å². The van der Waals surface area contributed by atoms with Crippen molar-refractivity contribution < 1.29 is 18.3 Å². The van der Waals surface area contributed by atoms with Gasteiger partial charge in [-0.1, -0.05) is 61.0 Å². The molecule has 0 radical (unpaired) electrons. The lowest BCUT2D eigenvalue weighted by Crippen LogP contribution is -2.58. The number of halogens is 2. The molecule has 0 bridgehead atoms. The maximum absolute atomic E-state index is 15.3. The van der Waals surface area contributed by atoms with Crippen molar-refractivity contribution >= 4 is 17.5 Å². The van der Waals surface area contributed by atoms with Gasteiger partial charge in [0, 0.05) is 35.0 Å². The fourth-order valence-electron chi connectivity index (χ4n) is 6.20. The molecule has 0 amide bonds. The van der Waals surface area contributed by atoms with Crippen LogP contribution < -0.4 is 15.2 Å². The molecule has 8 heteroatoms. The molecular weight excluding hydrogens is 530 g/mol. The minimum absolute atomic E-state index is 0.0223. The Bertz CT molecular complexity index is 1700. The van der Waals surface area contributed by atoms with Gasteiger partial charge in [-0.3, -0.25) is 19.3 Å². The molecule has 0 unspecified atom stereocenters. The van der Waals surface area contributed by atoms with Gasteiger partial charge in [0.05, 0.1) is 11.5 Å². The first-order valence-electron chi connectivity index (χ1n) is 13.4. The summed E-state index contributed by atoms with van der Waals surface area (Å²) in [5.41, 5.74) is 1.96. The molecule has 1 atom stereocenters. The van der Waals surface area contributed by atoms with E-state index in [1.807, 2.05) is 59.6 Å². The lowest BCUT2D eigenvalue weighted by molar-refractivity contribution is 0.0534. The molecule has 1 spiro atoms. The second kappa shape index (κ2) is 9.63. The van der Waals surface area contributed by atoms with Crippen molar-refractivity contribution in [2.45, 2.75) is 42.6 Å². The van der Waals surface area contributed by atoms with Crippen LogP contribution in [0.5, 0.6) is 5.75 Å². The third-order valence-electron chi connectivity index (χ3n) is 8.42. The van der Waals surface area contributed by atoms with E-state index < -0.39 is 23.1 Å². The van der Waals surface area contributed by atoms with Crippen LogP contribution in [-0.2, 0) is 12.4 Å². The summed E-state index contributed by atoms with van der Waals surface area (Å²) in [6.07, 6.45) is 3.90. The number of fused-ring (bicyclic) bond motifs is 3. The van der Waals surface area contributed by atoms with Gasteiger partial charge < -0.3 is 4.74 Å². The van der Waals surface area contributed by atoms with E-state index in [0.29, 0.717) is 30.5 Å². The van der Waals surface area contributed by atoms with E-state index in [1.165, 1.54) is 23.9 Å². The highest BCUT2D eigenvalue weighted by atomic mass is 32.2. The minimum Gasteiger partial charge on any atom is -0.483 e. The number of hydrogen-bond donors (Lipinski definition) is 0. The van der Waals surface area contributed by atoms with E-state index in [9.17, 15) is 14.0 Å². The molecule has 1 aromatic heterocycles. The quantitative estimate of drug-likeness (QED) is 0.291. The molecule has 3 aliphatic rings. The summed E-state index contributed by atoms with van der Waals surface area (Å²) in [7, 11) is 0.